The molecule has 1 saturated carbocycles. The summed E-state index contributed by atoms with van der Waals surface area (Å²) in [5.41, 5.74) is 2.78. The first-order chi connectivity index (χ1) is 34.3. The largest absolute Gasteiger partial charge is 0.459 e. The van der Waals surface area contributed by atoms with Crippen molar-refractivity contribution in [2.45, 2.75) is 102 Å². The second kappa shape index (κ2) is 22.4. The number of carbonyl (C=O) groups excluding carboxylic acids is 2. The predicted molar refractivity (Wildman–Crippen MR) is 262 cm³/mol. The van der Waals surface area contributed by atoms with Crippen LogP contribution >= 0.6 is 0 Å². The van der Waals surface area contributed by atoms with Crippen molar-refractivity contribution in [3.8, 4) is 28.7 Å². The SMILES string of the molecule is C=CCO[C@@]12Oc3ccc(OC(=O)NCc4ccccc4)cc3[C@H]3[C@H](CCCCO)[C@@H](CCCCO)C=C(C(=NOC(C)(C)C)C[C@@H]1N(Cc1ccc4c(c1)OCO4)C(=O)Oc1ccc([N+](=O)[O-])cc1)[C@H]32. The van der Waals surface area contributed by atoms with Crippen LogP contribution in [-0.2, 0) is 22.7 Å². The molecule has 2 aliphatic carbocycles. The summed E-state index contributed by atoms with van der Waals surface area (Å²) in [7, 11) is 0. The van der Waals surface area contributed by atoms with Gasteiger partial charge >= 0.3 is 12.2 Å². The minimum absolute atomic E-state index is 0.000449. The predicted octanol–water partition coefficient (Wildman–Crippen LogP) is 9.75. The number of ether oxygens (including phenoxy) is 6. The molecule has 2 amide bonds. The molecular weight excluding hydrogens is 913 g/mol. The molecule has 6 atom stereocenters. The van der Waals surface area contributed by atoms with Crippen LogP contribution in [0.3, 0.4) is 0 Å². The second-order valence-corrected chi connectivity index (χ2v) is 19.1. The first kappa shape index (κ1) is 50.4. The van der Waals surface area contributed by atoms with Crippen LogP contribution in [0, 0.1) is 27.9 Å². The fourth-order valence-corrected chi connectivity index (χ4v) is 10.2. The van der Waals surface area contributed by atoms with E-state index in [2.05, 4.69) is 18.0 Å². The number of aliphatic hydroxyl groups is 2. The normalized spacial score (nSPS) is 22.2. The lowest BCUT2D eigenvalue weighted by atomic mass is 9.55. The van der Waals surface area contributed by atoms with Crippen LogP contribution in [-0.4, -0.2) is 82.0 Å². The fourth-order valence-electron chi connectivity index (χ4n) is 10.2. The van der Waals surface area contributed by atoms with Crippen molar-refractivity contribution in [1.82, 2.24) is 10.2 Å². The Kier molecular flexibility index (Phi) is 15.9. The molecule has 0 saturated heterocycles. The standard InChI is InChI=1S/C54H62N4O13/c1-5-27-67-54-48(57(33-36-17-23-46-47(28-36)66-34-65-46)52(62)69-39-20-18-38(19-21-39)58(63)64)31-44(56-71-53(2,3)4)42-29-37(15-9-11-25-59)41(16-10-12-26-60)49(50(42)54)43-30-40(22-24-45(43)70-54)68-51(61)55-32-35-13-7-6-8-14-35/h5-8,13-14,17-24,28-30,37,41,48-50,59-60H,1,9-12,15-16,25-27,31-34H2,2-4H3,(H,55,61)/t37-,41+,48-,49+,50+,54+/m0/s1. The second-order valence-electron chi connectivity index (χ2n) is 19.1. The number of oxime groups is 1. The summed E-state index contributed by atoms with van der Waals surface area (Å²) < 4.78 is 38.0. The Balaban J connectivity index is 1.31. The number of carbonyl (C=O) groups is 2. The van der Waals surface area contributed by atoms with Gasteiger partial charge in [0, 0.05) is 56.3 Å². The van der Waals surface area contributed by atoms with Crippen LogP contribution in [0.2, 0.25) is 0 Å². The number of benzene rings is 4. The Morgan fingerprint density at radius 2 is 1.62 bits per heavy atom. The van der Waals surface area contributed by atoms with Gasteiger partial charge in [0.15, 0.2) is 11.5 Å². The minimum Gasteiger partial charge on any atom is -0.459 e. The third kappa shape index (κ3) is 11.6. The van der Waals surface area contributed by atoms with Gasteiger partial charge in [0.25, 0.3) is 5.69 Å². The number of nitro groups is 1. The first-order valence-electron chi connectivity index (χ1n) is 24.2. The number of aliphatic hydroxyl groups excluding tert-OH is 2. The van der Waals surface area contributed by atoms with Crippen molar-refractivity contribution in [1.29, 1.82) is 0 Å². The van der Waals surface area contributed by atoms with Gasteiger partial charge < -0.3 is 48.8 Å². The highest BCUT2D eigenvalue weighted by Crippen LogP contribution is 2.62. The zero-order valence-electron chi connectivity index (χ0n) is 40.3. The van der Waals surface area contributed by atoms with E-state index >= 15 is 4.79 Å². The molecule has 1 fully saturated rings. The van der Waals surface area contributed by atoms with Gasteiger partial charge in [0.1, 0.15) is 28.9 Å². The molecule has 376 valence electrons. The Bertz CT molecular complexity index is 2600. The number of non-ortho nitro benzene ring substituents is 1. The lowest BCUT2D eigenvalue weighted by Crippen LogP contribution is -2.70. The molecule has 3 N–H and O–H groups in total. The molecule has 4 aliphatic rings. The van der Waals surface area contributed by atoms with Crippen LogP contribution in [0.5, 0.6) is 28.7 Å². The number of rotatable bonds is 20. The van der Waals surface area contributed by atoms with Crippen molar-refractivity contribution >= 4 is 23.6 Å². The number of fused-ring (bicyclic) bond motifs is 3. The molecule has 2 heterocycles. The molecule has 71 heavy (non-hydrogen) atoms. The monoisotopic (exact) mass is 974 g/mol. The van der Waals surface area contributed by atoms with Crippen molar-refractivity contribution in [3.05, 3.63) is 142 Å². The molecule has 4 aromatic rings. The highest BCUT2D eigenvalue weighted by atomic mass is 16.7. The minimum atomic E-state index is -1.68. The molecule has 4 aromatic carbocycles. The van der Waals surface area contributed by atoms with E-state index in [0.717, 1.165) is 29.5 Å². The molecule has 8 rings (SSSR count). The van der Waals surface area contributed by atoms with Gasteiger partial charge in [-0.1, -0.05) is 66.5 Å². The lowest BCUT2D eigenvalue weighted by molar-refractivity contribution is -0.384. The quantitative estimate of drug-likeness (QED) is 0.0326. The summed E-state index contributed by atoms with van der Waals surface area (Å²) in [6.45, 7) is 10.00. The van der Waals surface area contributed by atoms with Gasteiger partial charge in [-0.25, -0.2) is 9.59 Å². The third-order valence-corrected chi connectivity index (χ3v) is 13.2. The highest BCUT2D eigenvalue weighted by Gasteiger charge is 2.66. The Hall–Kier alpha value is -6.95. The van der Waals surface area contributed by atoms with Gasteiger partial charge in [0.05, 0.1) is 23.2 Å². The molecular formula is C54H62N4O13. The van der Waals surface area contributed by atoms with Crippen LogP contribution in [0.15, 0.2) is 120 Å². The molecule has 17 heteroatoms. The van der Waals surface area contributed by atoms with E-state index in [4.69, 9.17) is 38.4 Å². The summed E-state index contributed by atoms with van der Waals surface area (Å²) in [4.78, 5) is 47.5. The number of hydrogen-bond donors (Lipinski definition) is 3. The van der Waals surface area contributed by atoms with E-state index in [1.807, 2.05) is 63.2 Å². The number of nitrogens with one attached hydrogen (secondary N) is 1. The number of amides is 2. The van der Waals surface area contributed by atoms with Crippen LogP contribution in [0.1, 0.15) is 88.3 Å². The lowest BCUT2D eigenvalue weighted by Gasteiger charge is -2.59. The van der Waals surface area contributed by atoms with E-state index < -0.39 is 46.4 Å². The van der Waals surface area contributed by atoms with Crippen molar-refractivity contribution in [3.63, 3.8) is 0 Å². The smallest absolute Gasteiger partial charge is 0.416 e. The van der Waals surface area contributed by atoms with E-state index in [-0.39, 0.29) is 75.1 Å². The topological polar surface area (TPSA) is 210 Å². The maximum absolute atomic E-state index is 15.2. The average molecular weight is 975 g/mol. The van der Waals surface area contributed by atoms with Crippen molar-refractivity contribution < 1.29 is 58.0 Å². The molecule has 2 aliphatic heterocycles. The Labute approximate surface area is 413 Å². The van der Waals surface area contributed by atoms with Crippen LogP contribution < -0.4 is 29.0 Å². The molecule has 0 spiro atoms. The molecule has 17 nitrogen and oxygen atoms in total. The van der Waals surface area contributed by atoms with Gasteiger partial charge in [-0.3, -0.25) is 15.0 Å². The average Bonchev–Trinajstić information content (AvgIpc) is 3.83. The summed E-state index contributed by atoms with van der Waals surface area (Å²) in [6.07, 6.45) is 6.44. The van der Waals surface area contributed by atoms with Crippen LogP contribution in [0.4, 0.5) is 15.3 Å². The van der Waals surface area contributed by atoms with E-state index in [9.17, 15) is 25.1 Å². The summed E-state index contributed by atoms with van der Waals surface area (Å²) in [6, 6.07) is 24.4. The number of allylic oxidation sites excluding steroid dienone is 1. The zero-order chi connectivity index (χ0) is 50.1. The third-order valence-electron chi connectivity index (χ3n) is 13.2. The summed E-state index contributed by atoms with van der Waals surface area (Å²) in [5.74, 6) is -1.14. The molecule has 0 unspecified atom stereocenters. The number of nitrogens with zero attached hydrogens (tertiary/aromatic N) is 3. The fraction of sp³-hybridized carbons (Fsp3) is 0.426. The van der Waals surface area contributed by atoms with Gasteiger partial charge in [-0.05, 0) is 117 Å². The van der Waals surface area contributed by atoms with Crippen molar-refractivity contribution in [2.75, 3.05) is 26.6 Å². The van der Waals surface area contributed by atoms with E-state index in [1.165, 1.54) is 29.2 Å². The highest BCUT2D eigenvalue weighted by molar-refractivity contribution is 6.03. The van der Waals surface area contributed by atoms with Crippen LogP contribution in [0.25, 0.3) is 0 Å². The molecule has 0 aromatic heterocycles. The summed E-state index contributed by atoms with van der Waals surface area (Å²) >= 11 is 0. The van der Waals surface area contributed by atoms with E-state index in [0.29, 0.717) is 54.2 Å². The maximum Gasteiger partial charge on any atom is 0.416 e. The molecule has 0 bridgehead atoms. The number of nitro benzene ring substituents is 1. The Morgan fingerprint density at radius 1 is 0.901 bits per heavy atom. The number of hydrogen-bond acceptors (Lipinski definition) is 14. The van der Waals surface area contributed by atoms with Gasteiger partial charge in [-0.15, -0.1) is 6.58 Å². The van der Waals surface area contributed by atoms with Crippen molar-refractivity contribution in [2.24, 2.45) is 22.9 Å². The summed E-state index contributed by atoms with van der Waals surface area (Å²) in [5, 5.41) is 39.4. The first-order valence-corrected chi connectivity index (χ1v) is 24.2. The molecule has 0 radical (unpaired) electrons. The van der Waals surface area contributed by atoms with E-state index in [1.54, 1.807) is 30.3 Å². The maximum atomic E-state index is 15.2. The Morgan fingerprint density at radius 3 is 2.34 bits per heavy atom. The van der Waals surface area contributed by atoms with Gasteiger partial charge in [-0.2, -0.15) is 0 Å². The van der Waals surface area contributed by atoms with Gasteiger partial charge in [0.2, 0.25) is 12.6 Å². The zero-order valence-corrected chi connectivity index (χ0v) is 40.3. The number of unbranched alkanes of at least 4 members (excludes halogenated alkanes) is 2.